The lowest BCUT2D eigenvalue weighted by Crippen LogP contribution is -2.36. The molecule has 0 radical (unpaired) electrons. The maximum Gasteiger partial charge on any atom is 0.451 e. The summed E-state index contributed by atoms with van der Waals surface area (Å²) in [5, 5.41) is 7.57. The van der Waals surface area contributed by atoms with Gasteiger partial charge in [-0.2, -0.15) is 13.2 Å². The minimum absolute atomic E-state index is 0.190. The first kappa shape index (κ1) is 14.3. The first-order valence-electron chi connectivity index (χ1n) is 6.25. The fourth-order valence-corrected chi connectivity index (χ4v) is 2.81. The van der Waals surface area contributed by atoms with Gasteiger partial charge < -0.3 is 9.47 Å². The monoisotopic (exact) mass is 361 g/mol. The number of hydrogen-bond acceptors (Lipinski definition) is 4. The summed E-state index contributed by atoms with van der Waals surface area (Å²) in [6.07, 6.45) is -2.80. The molecule has 0 spiro atoms. The van der Waals surface area contributed by atoms with Crippen molar-refractivity contribution in [1.82, 2.24) is 19.7 Å². The van der Waals surface area contributed by atoms with Crippen molar-refractivity contribution in [1.29, 1.82) is 0 Å². The smallest absolute Gasteiger partial charge is 0.347 e. The van der Waals surface area contributed by atoms with Crippen molar-refractivity contribution >= 4 is 21.7 Å². The van der Waals surface area contributed by atoms with Gasteiger partial charge in [0.15, 0.2) is 5.82 Å². The molecule has 5 nitrogen and oxygen atoms in total. The van der Waals surface area contributed by atoms with Crippen molar-refractivity contribution in [3.05, 3.63) is 35.5 Å². The molecule has 2 aromatic rings. The van der Waals surface area contributed by atoms with E-state index in [0.29, 0.717) is 17.7 Å². The molecule has 0 N–H and O–H groups in total. The largest absolute Gasteiger partial charge is 0.451 e. The third-order valence-corrected chi connectivity index (χ3v) is 3.92. The highest BCUT2D eigenvalue weighted by atomic mass is 79.9. The summed E-state index contributed by atoms with van der Waals surface area (Å²) in [5.41, 5.74) is 0.988. The molecule has 0 amide bonds. The Hall–Kier alpha value is -1.64. The maximum atomic E-state index is 12.8. The number of aromatic nitrogens is 4. The van der Waals surface area contributed by atoms with Gasteiger partial charge in [-0.1, -0.05) is 22.0 Å². The van der Waals surface area contributed by atoms with Gasteiger partial charge in [-0.15, -0.1) is 10.2 Å². The highest BCUT2D eigenvalue weighted by Gasteiger charge is 2.39. The Kier molecular flexibility index (Phi) is 3.60. The van der Waals surface area contributed by atoms with Crippen LogP contribution in [0.15, 0.2) is 18.3 Å². The van der Waals surface area contributed by atoms with E-state index < -0.39 is 12.0 Å². The van der Waals surface area contributed by atoms with Crippen LogP contribution in [0.4, 0.5) is 19.0 Å². The van der Waals surface area contributed by atoms with E-state index in [4.69, 9.17) is 0 Å². The molecule has 1 aliphatic heterocycles. The summed E-state index contributed by atoms with van der Waals surface area (Å²) >= 11 is 3.39. The molecular weight excluding hydrogens is 351 g/mol. The highest BCUT2D eigenvalue weighted by Crippen LogP contribution is 2.30. The van der Waals surface area contributed by atoms with E-state index in [-0.39, 0.29) is 13.1 Å². The zero-order chi connectivity index (χ0) is 15.0. The molecule has 3 heterocycles. The standard InChI is InChI=1S/C12H11BrF3N5/c13-6-8-2-1-3-17-10(8)20-4-5-21-9(7-20)18-19-11(21)12(14,15)16/h1-3H,4-7H2. The van der Waals surface area contributed by atoms with Crippen LogP contribution in [0.25, 0.3) is 0 Å². The third kappa shape index (κ3) is 2.61. The molecule has 0 unspecified atom stereocenters. The third-order valence-electron chi connectivity index (χ3n) is 3.32. The molecular formula is C12H11BrF3N5. The van der Waals surface area contributed by atoms with E-state index in [2.05, 4.69) is 31.1 Å². The molecule has 3 rings (SSSR count). The van der Waals surface area contributed by atoms with Crippen LogP contribution < -0.4 is 4.90 Å². The van der Waals surface area contributed by atoms with E-state index in [9.17, 15) is 13.2 Å². The molecule has 112 valence electrons. The lowest BCUT2D eigenvalue weighted by Gasteiger charge is -2.30. The SMILES string of the molecule is FC(F)(F)c1nnc2n1CCN(c1ncccc1CBr)C2. The van der Waals surface area contributed by atoms with Gasteiger partial charge in [0.1, 0.15) is 5.82 Å². The van der Waals surface area contributed by atoms with Crippen LogP contribution in [0.3, 0.4) is 0 Å². The lowest BCUT2D eigenvalue weighted by molar-refractivity contribution is -0.147. The predicted octanol–water partition coefficient (Wildman–Crippen LogP) is 2.61. The fourth-order valence-electron chi connectivity index (χ4n) is 2.37. The fraction of sp³-hybridized carbons (Fsp3) is 0.417. The van der Waals surface area contributed by atoms with E-state index in [0.717, 1.165) is 15.9 Å². The first-order valence-corrected chi connectivity index (χ1v) is 7.37. The Morgan fingerprint density at radius 1 is 1.24 bits per heavy atom. The van der Waals surface area contributed by atoms with Crippen molar-refractivity contribution in [2.24, 2.45) is 0 Å². The van der Waals surface area contributed by atoms with Crippen molar-refractivity contribution in [3.63, 3.8) is 0 Å². The highest BCUT2D eigenvalue weighted by molar-refractivity contribution is 9.08. The molecule has 9 heteroatoms. The normalized spacial score (nSPS) is 15.1. The average Bonchev–Trinajstić information content (AvgIpc) is 2.90. The van der Waals surface area contributed by atoms with Gasteiger partial charge in [0.2, 0.25) is 5.82 Å². The molecule has 1 aliphatic rings. The summed E-state index contributed by atoms with van der Waals surface area (Å²) in [6, 6.07) is 3.76. The van der Waals surface area contributed by atoms with Gasteiger partial charge >= 0.3 is 6.18 Å². The maximum absolute atomic E-state index is 12.8. The van der Waals surface area contributed by atoms with Gasteiger partial charge in [0.25, 0.3) is 0 Å². The quantitative estimate of drug-likeness (QED) is 0.771. The minimum atomic E-state index is -4.47. The molecule has 0 atom stereocenters. The number of halogens is 4. The second kappa shape index (κ2) is 5.28. The number of alkyl halides is 4. The van der Waals surface area contributed by atoms with Crippen LogP contribution in [0.5, 0.6) is 0 Å². The van der Waals surface area contributed by atoms with E-state index in [1.165, 1.54) is 0 Å². The van der Waals surface area contributed by atoms with Crippen LogP contribution in [0.1, 0.15) is 17.2 Å². The van der Waals surface area contributed by atoms with Gasteiger partial charge in [-0.3, -0.25) is 0 Å². The number of pyridine rings is 1. The van der Waals surface area contributed by atoms with Crippen LogP contribution in [-0.2, 0) is 24.6 Å². The van der Waals surface area contributed by atoms with Crippen molar-refractivity contribution < 1.29 is 13.2 Å². The van der Waals surface area contributed by atoms with Gasteiger partial charge in [0.05, 0.1) is 6.54 Å². The van der Waals surface area contributed by atoms with E-state index in [1.807, 2.05) is 17.0 Å². The molecule has 0 aromatic carbocycles. The number of fused-ring (bicyclic) bond motifs is 1. The average molecular weight is 362 g/mol. The molecule has 0 bridgehead atoms. The van der Waals surface area contributed by atoms with Crippen molar-refractivity contribution in [2.75, 3.05) is 11.4 Å². The Morgan fingerprint density at radius 2 is 2.05 bits per heavy atom. The Bertz CT molecular complexity index is 655. The molecule has 0 aliphatic carbocycles. The zero-order valence-electron chi connectivity index (χ0n) is 10.8. The van der Waals surface area contributed by atoms with Crippen LogP contribution >= 0.6 is 15.9 Å². The predicted molar refractivity (Wildman–Crippen MR) is 72.9 cm³/mol. The minimum Gasteiger partial charge on any atom is -0.347 e. The Balaban J connectivity index is 1.90. The van der Waals surface area contributed by atoms with Gasteiger partial charge in [-0.05, 0) is 6.07 Å². The number of hydrogen-bond donors (Lipinski definition) is 0. The zero-order valence-corrected chi connectivity index (χ0v) is 12.4. The van der Waals surface area contributed by atoms with Crippen LogP contribution in [0, 0.1) is 0 Å². The van der Waals surface area contributed by atoms with E-state index in [1.54, 1.807) is 6.20 Å². The van der Waals surface area contributed by atoms with Crippen LogP contribution in [-0.4, -0.2) is 26.3 Å². The van der Waals surface area contributed by atoms with Crippen molar-refractivity contribution in [2.45, 2.75) is 24.6 Å². The Labute approximate surface area is 126 Å². The molecule has 0 saturated heterocycles. The second-order valence-electron chi connectivity index (χ2n) is 4.63. The summed E-state index contributed by atoms with van der Waals surface area (Å²) in [6.45, 7) is 0.890. The summed E-state index contributed by atoms with van der Waals surface area (Å²) in [4.78, 5) is 6.24. The molecule has 21 heavy (non-hydrogen) atoms. The molecule has 0 saturated carbocycles. The number of anilines is 1. The van der Waals surface area contributed by atoms with Gasteiger partial charge in [0, 0.05) is 30.2 Å². The molecule has 2 aromatic heterocycles. The van der Waals surface area contributed by atoms with Gasteiger partial charge in [-0.25, -0.2) is 4.98 Å². The topological polar surface area (TPSA) is 46.8 Å². The summed E-state index contributed by atoms with van der Waals surface area (Å²) in [7, 11) is 0. The number of rotatable bonds is 2. The van der Waals surface area contributed by atoms with Crippen LogP contribution in [0.2, 0.25) is 0 Å². The Morgan fingerprint density at radius 3 is 2.76 bits per heavy atom. The summed E-state index contributed by atoms with van der Waals surface area (Å²) < 4.78 is 39.5. The van der Waals surface area contributed by atoms with Crippen molar-refractivity contribution in [3.8, 4) is 0 Å². The first-order chi connectivity index (χ1) is 10.0. The van der Waals surface area contributed by atoms with E-state index >= 15 is 0 Å². The second-order valence-corrected chi connectivity index (χ2v) is 5.19. The number of nitrogens with zero attached hydrogens (tertiary/aromatic N) is 5. The summed E-state index contributed by atoms with van der Waals surface area (Å²) in [5.74, 6) is 0.135. The lowest BCUT2D eigenvalue weighted by atomic mass is 10.2. The molecule has 0 fully saturated rings.